The number of anilines is 1. The summed E-state index contributed by atoms with van der Waals surface area (Å²) in [7, 11) is -1.29. The molecule has 0 amide bonds. The molecule has 0 saturated carbocycles. The number of nitrogens with one attached hydrogen (secondary N) is 1. The van der Waals surface area contributed by atoms with Crippen molar-refractivity contribution in [3.8, 4) is 11.5 Å². The zero-order valence-electron chi connectivity index (χ0n) is 18.3. The SMILES string of the molecule is COc1ccc(OC)c([S+](=O)([O-])c2nnn3c2nc(NCc2ccncc2)c2ccccc23)c1. The number of pyridine rings is 1. The molecule has 2 aromatic carbocycles. The fraction of sp³-hybridized carbons (Fsp3) is 0.130. The van der Waals surface area contributed by atoms with E-state index < -0.39 is 10.2 Å². The summed E-state index contributed by atoms with van der Waals surface area (Å²) in [6.45, 7) is 0.475. The van der Waals surface area contributed by atoms with Gasteiger partial charge in [0.25, 0.3) is 0 Å². The predicted octanol–water partition coefficient (Wildman–Crippen LogP) is 3.35. The highest BCUT2D eigenvalue weighted by atomic mass is 32.3. The van der Waals surface area contributed by atoms with Gasteiger partial charge >= 0.3 is 5.03 Å². The third-order valence-corrected chi connectivity index (χ3v) is 7.02. The van der Waals surface area contributed by atoms with Crippen LogP contribution in [0, 0.1) is 0 Å². The highest BCUT2D eigenvalue weighted by molar-refractivity contribution is 7.98. The second-order valence-electron chi connectivity index (χ2n) is 7.34. The summed E-state index contributed by atoms with van der Waals surface area (Å²) in [5.74, 6) is 1.05. The molecule has 0 bridgehead atoms. The Bertz CT molecular complexity index is 1540. The Kier molecular flexibility index (Phi) is 5.56. The summed E-state index contributed by atoms with van der Waals surface area (Å²) >= 11 is 0. The number of aromatic nitrogens is 5. The molecule has 172 valence electrons. The molecular formula is C23H20N6O4S. The van der Waals surface area contributed by atoms with Gasteiger partial charge in [-0.15, -0.1) is 0 Å². The first kappa shape index (κ1) is 21.7. The Balaban J connectivity index is 1.68. The average molecular weight is 477 g/mol. The molecule has 5 aromatic rings. The summed E-state index contributed by atoms with van der Waals surface area (Å²) in [4.78, 5) is 8.57. The largest absolute Gasteiger partial charge is 0.604 e. The zero-order valence-corrected chi connectivity index (χ0v) is 19.2. The predicted molar refractivity (Wildman–Crippen MR) is 125 cm³/mol. The van der Waals surface area contributed by atoms with Crippen LogP contribution in [0.5, 0.6) is 11.5 Å². The molecule has 0 aliphatic carbocycles. The number of methoxy groups -OCH3 is 2. The van der Waals surface area contributed by atoms with Gasteiger partial charge < -0.3 is 19.3 Å². The third-order valence-electron chi connectivity index (χ3n) is 5.35. The van der Waals surface area contributed by atoms with Crippen molar-refractivity contribution in [2.24, 2.45) is 0 Å². The van der Waals surface area contributed by atoms with E-state index in [4.69, 9.17) is 9.47 Å². The Morgan fingerprint density at radius 2 is 1.85 bits per heavy atom. The lowest BCUT2D eigenvalue weighted by molar-refractivity contribution is 0.388. The smallest absolute Gasteiger partial charge is 0.318 e. The molecule has 3 heterocycles. The minimum absolute atomic E-state index is 0.0852. The summed E-state index contributed by atoms with van der Waals surface area (Å²) < 4.78 is 39.3. The molecule has 5 rings (SSSR count). The van der Waals surface area contributed by atoms with E-state index in [1.807, 2.05) is 36.4 Å². The van der Waals surface area contributed by atoms with Crippen LogP contribution in [0.4, 0.5) is 5.82 Å². The van der Waals surface area contributed by atoms with Gasteiger partial charge in [0.1, 0.15) is 21.8 Å². The molecule has 0 radical (unpaired) electrons. The molecule has 1 atom stereocenters. The fourth-order valence-electron chi connectivity index (χ4n) is 3.64. The molecule has 0 fully saturated rings. The fourth-order valence-corrected chi connectivity index (χ4v) is 5.05. The molecule has 3 aromatic heterocycles. The molecule has 1 unspecified atom stereocenters. The zero-order chi connectivity index (χ0) is 23.7. The standard InChI is InChI=1S/C23H20N6O4S/c1-32-16-7-8-19(33-2)20(13-16)34(30,31)23-22-26-21(25-14-15-9-11-24-12-10-15)17-5-3-4-6-18(17)29(22)28-27-23/h3-13H,14H2,1-2H3,(H-,25,26,30,31). The second-order valence-corrected chi connectivity index (χ2v) is 9.17. The lowest BCUT2D eigenvalue weighted by Crippen LogP contribution is -2.14. The van der Waals surface area contributed by atoms with Crippen molar-refractivity contribution in [1.82, 2.24) is 24.8 Å². The quantitative estimate of drug-likeness (QED) is 0.352. The third kappa shape index (κ3) is 3.70. The summed E-state index contributed by atoms with van der Waals surface area (Å²) in [5, 5.41) is 11.9. The van der Waals surface area contributed by atoms with Crippen molar-refractivity contribution in [2.45, 2.75) is 16.5 Å². The van der Waals surface area contributed by atoms with E-state index in [0.29, 0.717) is 23.6 Å². The van der Waals surface area contributed by atoms with Crippen LogP contribution < -0.4 is 14.8 Å². The number of ether oxygens (including phenoxy) is 2. The maximum Gasteiger partial charge on any atom is 0.318 e. The number of sulfone groups is 1. The van der Waals surface area contributed by atoms with Gasteiger partial charge in [0.05, 0.1) is 19.7 Å². The molecule has 0 saturated heterocycles. The Labute approximate surface area is 195 Å². The van der Waals surface area contributed by atoms with Crippen molar-refractivity contribution >= 4 is 32.6 Å². The van der Waals surface area contributed by atoms with Gasteiger partial charge in [-0.3, -0.25) is 4.98 Å². The van der Waals surface area contributed by atoms with Crippen LogP contribution in [0.15, 0.2) is 76.9 Å². The van der Waals surface area contributed by atoms with Crippen molar-refractivity contribution in [2.75, 3.05) is 19.5 Å². The molecule has 0 aliphatic rings. The minimum atomic E-state index is -4.15. The highest BCUT2D eigenvalue weighted by Gasteiger charge is 2.35. The number of benzene rings is 2. The van der Waals surface area contributed by atoms with Crippen LogP contribution in [-0.4, -0.2) is 43.6 Å². The summed E-state index contributed by atoms with van der Waals surface area (Å²) in [6, 6.07) is 15.8. The van der Waals surface area contributed by atoms with Gasteiger partial charge in [0, 0.05) is 30.4 Å². The van der Waals surface area contributed by atoms with Crippen molar-refractivity contribution < 1.29 is 18.2 Å². The van der Waals surface area contributed by atoms with E-state index >= 15 is 0 Å². The summed E-state index contributed by atoms with van der Waals surface area (Å²) in [5.41, 5.74) is 1.76. The van der Waals surface area contributed by atoms with E-state index in [1.165, 1.54) is 30.9 Å². The Hall–Kier alpha value is -4.09. The van der Waals surface area contributed by atoms with Gasteiger partial charge in [-0.1, -0.05) is 26.7 Å². The first-order chi connectivity index (χ1) is 16.5. The first-order valence-electron chi connectivity index (χ1n) is 10.3. The van der Waals surface area contributed by atoms with Crippen LogP contribution in [0.2, 0.25) is 0 Å². The van der Waals surface area contributed by atoms with Crippen LogP contribution in [0.1, 0.15) is 5.56 Å². The second kappa shape index (κ2) is 8.69. The van der Waals surface area contributed by atoms with Crippen LogP contribution in [-0.2, 0) is 21.0 Å². The number of fused-ring (bicyclic) bond motifs is 3. The van der Waals surface area contributed by atoms with E-state index in [2.05, 4.69) is 25.6 Å². The van der Waals surface area contributed by atoms with Crippen LogP contribution in [0.25, 0.3) is 16.6 Å². The number of nitrogens with zero attached hydrogens (tertiary/aromatic N) is 5. The maximum atomic E-state index is 13.7. The molecule has 11 heteroatoms. The van der Waals surface area contributed by atoms with Crippen molar-refractivity contribution in [3.63, 3.8) is 0 Å². The van der Waals surface area contributed by atoms with E-state index in [1.54, 1.807) is 18.5 Å². The molecule has 10 nitrogen and oxygen atoms in total. The van der Waals surface area contributed by atoms with Crippen molar-refractivity contribution in [1.29, 1.82) is 0 Å². The molecule has 0 spiro atoms. The molecular weight excluding hydrogens is 456 g/mol. The minimum Gasteiger partial charge on any atom is -0.604 e. The van der Waals surface area contributed by atoms with Gasteiger partial charge in [0.2, 0.25) is 10.5 Å². The lowest BCUT2D eigenvalue weighted by Gasteiger charge is -2.15. The van der Waals surface area contributed by atoms with Gasteiger partial charge in [0.15, 0.2) is 5.75 Å². The monoisotopic (exact) mass is 476 g/mol. The average Bonchev–Trinajstić information content (AvgIpc) is 3.32. The van der Waals surface area contributed by atoms with E-state index in [0.717, 1.165) is 10.9 Å². The summed E-state index contributed by atoms with van der Waals surface area (Å²) in [6.07, 6.45) is 3.41. The topological polar surface area (TPSA) is 127 Å². The highest BCUT2D eigenvalue weighted by Crippen LogP contribution is 2.37. The Morgan fingerprint density at radius 1 is 1.06 bits per heavy atom. The Morgan fingerprint density at radius 3 is 2.62 bits per heavy atom. The number of hydrogen-bond acceptors (Lipinski definition) is 9. The lowest BCUT2D eigenvalue weighted by atomic mass is 10.2. The number of rotatable bonds is 7. The molecule has 1 N–H and O–H groups in total. The van der Waals surface area contributed by atoms with E-state index in [9.17, 15) is 8.76 Å². The number of para-hydroxylation sites is 1. The normalized spacial score (nSPS) is 13.0. The maximum absolute atomic E-state index is 13.7. The molecule has 34 heavy (non-hydrogen) atoms. The van der Waals surface area contributed by atoms with Gasteiger partial charge in [-0.2, -0.15) is 4.52 Å². The number of hydrogen-bond donors (Lipinski definition) is 1. The van der Waals surface area contributed by atoms with Crippen molar-refractivity contribution in [3.05, 3.63) is 72.6 Å². The van der Waals surface area contributed by atoms with Gasteiger partial charge in [-0.05, 0) is 42.0 Å². The van der Waals surface area contributed by atoms with E-state index in [-0.39, 0.29) is 21.3 Å². The van der Waals surface area contributed by atoms with Crippen LogP contribution >= 0.6 is 0 Å². The van der Waals surface area contributed by atoms with Crippen LogP contribution in [0.3, 0.4) is 0 Å². The van der Waals surface area contributed by atoms with Gasteiger partial charge in [-0.25, -0.2) is 4.98 Å². The molecule has 0 aliphatic heterocycles. The first-order valence-corrected chi connectivity index (χ1v) is 11.8.